The van der Waals surface area contributed by atoms with Crippen molar-refractivity contribution >= 4 is 15.8 Å². The number of phenols is 1. The van der Waals surface area contributed by atoms with E-state index in [-0.39, 0.29) is 35.2 Å². The Labute approximate surface area is 187 Å². The molecule has 0 amide bonds. The number of alkyl halides is 2. The summed E-state index contributed by atoms with van der Waals surface area (Å²) in [4.78, 5) is 12.9. The molecular weight excluding hydrogens is 460 g/mol. The number of hydrogen-bond acceptors (Lipinski definition) is 7. The van der Waals surface area contributed by atoms with Crippen LogP contribution in [0.25, 0.3) is 0 Å². The van der Waals surface area contributed by atoms with E-state index in [2.05, 4.69) is 4.74 Å². The topological polar surface area (TPSA) is 125 Å². The van der Waals surface area contributed by atoms with Gasteiger partial charge in [0.2, 0.25) is 15.8 Å². The first-order valence-corrected chi connectivity index (χ1v) is 11.3. The highest BCUT2D eigenvalue weighted by Gasteiger charge is 2.37. The summed E-state index contributed by atoms with van der Waals surface area (Å²) in [5.41, 5.74) is 1.51. The normalized spacial score (nSPS) is 19.8. The molecule has 0 spiro atoms. The smallest absolute Gasteiger partial charge is 0.387 e. The van der Waals surface area contributed by atoms with E-state index in [1.54, 1.807) is 12.2 Å². The third-order valence-corrected chi connectivity index (χ3v) is 6.26. The predicted molar refractivity (Wildman–Crippen MR) is 111 cm³/mol. The lowest BCUT2D eigenvalue weighted by Crippen LogP contribution is -2.26. The first kappa shape index (κ1) is 22.7. The fraction of sp³-hybridized carbons (Fsp3) is 0.227. The Morgan fingerprint density at radius 3 is 2.58 bits per heavy atom. The second-order valence-electron chi connectivity index (χ2n) is 7.43. The number of benzene rings is 2. The second kappa shape index (κ2) is 8.83. The SMILES string of the molecule is NS(=O)(=O)c1ccc(COc2c(C3C=CC4=COCC4C3=O)ccc(OC(F)F)c2O)cc1. The Morgan fingerprint density at radius 1 is 1.18 bits per heavy atom. The monoisotopic (exact) mass is 479 g/mol. The number of ether oxygens (including phenoxy) is 3. The first-order chi connectivity index (χ1) is 15.6. The highest BCUT2D eigenvalue weighted by atomic mass is 32.2. The van der Waals surface area contributed by atoms with Gasteiger partial charge in [0, 0.05) is 11.1 Å². The molecule has 2 aromatic rings. The zero-order valence-corrected chi connectivity index (χ0v) is 17.8. The average Bonchev–Trinajstić information content (AvgIpc) is 3.24. The number of halogens is 2. The molecule has 2 unspecified atom stereocenters. The lowest BCUT2D eigenvalue weighted by Gasteiger charge is -2.24. The number of carbonyl (C=O) groups is 1. The van der Waals surface area contributed by atoms with Crippen LogP contribution in [0.5, 0.6) is 17.2 Å². The van der Waals surface area contributed by atoms with Crippen molar-refractivity contribution < 1.29 is 41.3 Å². The number of nitrogens with two attached hydrogens (primary N) is 1. The lowest BCUT2D eigenvalue weighted by molar-refractivity contribution is -0.122. The van der Waals surface area contributed by atoms with Crippen LogP contribution in [0.3, 0.4) is 0 Å². The molecule has 0 fully saturated rings. The Balaban J connectivity index is 1.66. The van der Waals surface area contributed by atoms with Crippen molar-refractivity contribution in [1.29, 1.82) is 0 Å². The van der Waals surface area contributed by atoms with Gasteiger partial charge in [-0.25, -0.2) is 13.6 Å². The Morgan fingerprint density at radius 2 is 1.91 bits per heavy atom. The summed E-state index contributed by atoms with van der Waals surface area (Å²) in [6, 6.07) is 8.00. The Kier molecular flexibility index (Phi) is 6.09. The summed E-state index contributed by atoms with van der Waals surface area (Å²) in [5.74, 6) is -2.86. The summed E-state index contributed by atoms with van der Waals surface area (Å²) in [6.45, 7) is -3.15. The van der Waals surface area contributed by atoms with Crippen molar-refractivity contribution in [2.24, 2.45) is 11.1 Å². The van der Waals surface area contributed by atoms with Gasteiger partial charge in [0.15, 0.2) is 17.3 Å². The zero-order valence-electron chi connectivity index (χ0n) is 17.0. The number of fused-ring (bicyclic) bond motifs is 1. The van der Waals surface area contributed by atoms with Crippen LogP contribution in [-0.2, 0) is 26.2 Å². The number of sulfonamides is 1. The number of allylic oxidation sites excluding steroid dienone is 2. The lowest BCUT2D eigenvalue weighted by atomic mass is 9.79. The summed E-state index contributed by atoms with van der Waals surface area (Å²) < 4.78 is 63.7. The van der Waals surface area contributed by atoms with Crippen LogP contribution in [-0.4, -0.2) is 32.5 Å². The van der Waals surface area contributed by atoms with Crippen molar-refractivity contribution in [3.05, 3.63) is 71.5 Å². The van der Waals surface area contributed by atoms with Crippen molar-refractivity contribution in [2.75, 3.05) is 6.61 Å². The molecule has 0 bridgehead atoms. The minimum absolute atomic E-state index is 0.0947. The maximum absolute atomic E-state index is 13.0. The van der Waals surface area contributed by atoms with Gasteiger partial charge in [-0.15, -0.1) is 0 Å². The molecule has 33 heavy (non-hydrogen) atoms. The number of Topliss-reactive ketones (excluding diaryl/α,β-unsaturated/α-hetero) is 1. The minimum Gasteiger partial charge on any atom is -0.502 e. The molecule has 8 nitrogen and oxygen atoms in total. The number of carbonyl (C=O) groups excluding carboxylic acids is 1. The molecule has 2 aromatic carbocycles. The van der Waals surface area contributed by atoms with E-state index in [1.165, 1.54) is 36.6 Å². The van der Waals surface area contributed by atoms with E-state index in [0.717, 1.165) is 11.6 Å². The van der Waals surface area contributed by atoms with Crippen molar-refractivity contribution in [3.63, 3.8) is 0 Å². The molecule has 0 aromatic heterocycles. The van der Waals surface area contributed by atoms with E-state index >= 15 is 0 Å². The highest BCUT2D eigenvalue weighted by Crippen LogP contribution is 2.46. The van der Waals surface area contributed by atoms with Crippen molar-refractivity contribution in [2.45, 2.75) is 24.0 Å². The van der Waals surface area contributed by atoms with Gasteiger partial charge < -0.3 is 19.3 Å². The maximum Gasteiger partial charge on any atom is 0.387 e. The van der Waals surface area contributed by atoms with Gasteiger partial charge in [-0.1, -0.05) is 30.4 Å². The molecular formula is C22H19F2NO7S. The molecule has 4 rings (SSSR count). The Bertz CT molecular complexity index is 1240. The summed E-state index contributed by atoms with van der Waals surface area (Å²) in [5, 5.41) is 15.7. The molecule has 0 saturated heterocycles. The zero-order chi connectivity index (χ0) is 23.8. The van der Waals surface area contributed by atoms with Gasteiger partial charge in [-0.2, -0.15) is 8.78 Å². The Hall–Kier alpha value is -3.44. The molecule has 1 heterocycles. The van der Waals surface area contributed by atoms with Crippen LogP contribution < -0.4 is 14.6 Å². The van der Waals surface area contributed by atoms with Crippen LogP contribution in [0.4, 0.5) is 8.78 Å². The van der Waals surface area contributed by atoms with Gasteiger partial charge in [0.25, 0.3) is 0 Å². The molecule has 1 aliphatic carbocycles. The van der Waals surface area contributed by atoms with Gasteiger partial charge in [0.05, 0.1) is 23.0 Å². The van der Waals surface area contributed by atoms with Crippen molar-refractivity contribution in [3.8, 4) is 17.2 Å². The first-order valence-electron chi connectivity index (χ1n) is 9.74. The van der Waals surface area contributed by atoms with Crippen molar-refractivity contribution in [1.82, 2.24) is 0 Å². The van der Waals surface area contributed by atoms with E-state index in [9.17, 15) is 27.1 Å². The number of ketones is 1. The second-order valence-corrected chi connectivity index (χ2v) is 8.99. The molecule has 2 aliphatic rings. The summed E-state index contributed by atoms with van der Waals surface area (Å²) >= 11 is 0. The quantitative estimate of drug-likeness (QED) is 0.625. The fourth-order valence-corrected chi connectivity index (χ4v) is 4.20. The number of rotatable bonds is 7. The molecule has 0 saturated carbocycles. The molecule has 1 aliphatic heterocycles. The fourth-order valence-electron chi connectivity index (χ4n) is 3.68. The molecule has 3 N–H and O–H groups in total. The molecule has 2 atom stereocenters. The number of phenolic OH excluding ortho intramolecular Hbond substituents is 1. The van der Waals surface area contributed by atoms with Gasteiger partial charge in [-0.05, 0) is 23.8 Å². The van der Waals surface area contributed by atoms with Crippen LogP contribution in [0, 0.1) is 5.92 Å². The van der Waals surface area contributed by atoms with E-state index in [1.807, 2.05) is 0 Å². The summed E-state index contributed by atoms with van der Waals surface area (Å²) in [7, 11) is -3.87. The average molecular weight is 479 g/mol. The van der Waals surface area contributed by atoms with Crippen LogP contribution in [0.2, 0.25) is 0 Å². The summed E-state index contributed by atoms with van der Waals surface area (Å²) in [6.07, 6.45) is 4.87. The van der Waals surface area contributed by atoms with Gasteiger partial charge in [0.1, 0.15) is 13.2 Å². The van der Waals surface area contributed by atoms with Gasteiger partial charge >= 0.3 is 6.61 Å². The highest BCUT2D eigenvalue weighted by molar-refractivity contribution is 7.89. The van der Waals surface area contributed by atoms with E-state index in [0.29, 0.717) is 5.56 Å². The third kappa shape index (κ3) is 4.69. The van der Waals surface area contributed by atoms with Crippen LogP contribution >= 0.6 is 0 Å². The van der Waals surface area contributed by atoms with E-state index in [4.69, 9.17) is 14.6 Å². The molecule has 0 radical (unpaired) electrons. The van der Waals surface area contributed by atoms with Gasteiger partial charge in [-0.3, -0.25) is 4.79 Å². The number of hydrogen-bond donors (Lipinski definition) is 2. The van der Waals surface area contributed by atoms with Crippen LogP contribution in [0.15, 0.2) is 65.3 Å². The molecule has 11 heteroatoms. The van der Waals surface area contributed by atoms with Crippen LogP contribution in [0.1, 0.15) is 17.0 Å². The number of primary sulfonamides is 1. The predicted octanol–water partition coefficient (Wildman–Crippen LogP) is 2.97. The minimum atomic E-state index is -3.87. The van der Waals surface area contributed by atoms with E-state index < -0.39 is 40.0 Å². The third-order valence-electron chi connectivity index (χ3n) is 5.33. The number of aromatic hydroxyl groups is 1. The largest absolute Gasteiger partial charge is 0.502 e. The standard InChI is InChI=1S/C22H19F2NO7S/c23-22(24)32-18-8-7-16(15-6-3-13-10-30-11-17(13)19(15)26)21(20(18)27)31-9-12-1-4-14(5-2-12)33(25,28)29/h1-8,10,15,17,22,27H,9,11H2,(H2,25,28,29). The molecule has 174 valence electrons. The maximum atomic E-state index is 13.0.